The second-order valence-corrected chi connectivity index (χ2v) is 6.46. The van der Waals surface area contributed by atoms with Gasteiger partial charge in [-0.1, -0.05) is 67.8 Å². The van der Waals surface area contributed by atoms with E-state index in [9.17, 15) is 0 Å². The van der Waals surface area contributed by atoms with Gasteiger partial charge in [0.25, 0.3) is 0 Å². The van der Waals surface area contributed by atoms with Crippen LogP contribution in [0.5, 0.6) is 0 Å². The molecule has 0 aliphatic heterocycles. The molecule has 2 aromatic carbocycles. The predicted molar refractivity (Wildman–Crippen MR) is 84.2 cm³/mol. The first-order chi connectivity index (χ1) is 9.90. The number of fused-ring (bicyclic) bond motifs is 4. The molecule has 20 heavy (non-hydrogen) atoms. The minimum Gasteiger partial charge on any atom is -0.0620 e. The lowest BCUT2D eigenvalue weighted by molar-refractivity contribution is 0.345. The molecule has 0 bridgehead atoms. The molecule has 0 unspecified atom stereocenters. The van der Waals surface area contributed by atoms with E-state index in [-0.39, 0.29) is 0 Å². The van der Waals surface area contributed by atoms with E-state index in [2.05, 4.69) is 48.5 Å². The van der Waals surface area contributed by atoms with Crippen LogP contribution in [0.1, 0.15) is 54.4 Å². The van der Waals surface area contributed by atoms with Crippen LogP contribution in [0.25, 0.3) is 0 Å². The van der Waals surface area contributed by atoms with Gasteiger partial charge in [0.15, 0.2) is 0 Å². The summed E-state index contributed by atoms with van der Waals surface area (Å²) in [6, 6.07) is 18.4. The Kier molecular flexibility index (Phi) is 2.91. The lowest BCUT2D eigenvalue weighted by Gasteiger charge is -2.39. The van der Waals surface area contributed by atoms with E-state index in [1.807, 2.05) is 0 Å². The first-order valence-corrected chi connectivity index (χ1v) is 8.07. The van der Waals surface area contributed by atoms with Crippen LogP contribution >= 0.6 is 0 Å². The lowest BCUT2D eigenvalue weighted by atomic mass is 9.64. The van der Waals surface area contributed by atoms with Crippen molar-refractivity contribution in [3.8, 4) is 0 Å². The Morgan fingerprint density at radius 1 is 0.600 bits per heavy atom. The van der Waals surface area contributed by atoms with Gasteiger partial charge in [-0.2, -0.15) is 0 Å². The average Bonchev–Trinajstić information content (AvgIpc) is 2.66. The van der Waals surface area contributed by atoms with Crippen molar-refractivity contribution in [2.24, 2.45) is 0 Å². The first-order valence-electron chi connectivity index (χ1n) is 8.07. The van der Waals surface area contributed by atoms with Crippen molar-refractivity contribution in [1.29, 1.82) is 0 Å². The first kappa shape index (κ1) is 12.2. The van der Waals surface area contributed by atoms with Gasteiger partial charge >= 0.3 is 0 Å². The quantitative estimate of drug-likeness (QED) is 0.624. The van der Waals surface area contributed by atoms with Crippen molar-refractivity contribution >= 4 is 0 Å². The summed E-state index contributed by atoms with van der Waals surface area (Å²) in [4.78, 5) is 0. The molecule has 0 atom stereocenters. The van der Waals surface area contributed by atoms with Crippen LogP contribution in [0, 0.1) is 0 Å². The number of hydrogen-bond acceptors (Lipinski definition) is 0. The molecule has 0 aromatic heterocycles. The monoisotopic (exact) mass is 262 g/mol. The number of rotatable bonds is 0. The van der Waals surface area contributed by atoms with Gasteiger partial charge < -0.3 is 0 Å². The molecule has 0 nitrogen and oxygen atoms in total. The van der Waals surface area contributed by atoms with Gasteiger partial charge in [-0.25, -0.2) is 0 Å². The molecule has 0 radical (unpaired) electrons. The van der Waals surface area contributed by atoms with Crippen LogP contribution in [0.4, 0.5) is 0 Å². The van der Waals surface area contributed by atoms with Crippen LogP contribution in [0.2, 0.25) is 0 Å². The highest BCUT2D eigenvalue weighted by Gasteiger charge is 2.39. The van der Waals surface area contributed by atoms with Crippen molar-refractivity contribution < 1.29 is 0 Å². The van der Waals surface area contributed by atoms with Gasteiger partial charge in [-0.3, -0.25) is 0 Å². The molecular formula is C20H22. The molecule has 1 saturated carbocycles. The van der Waals surface area contributed by atoms with Crippen molar-refractivity contribution in [2.45, 2.75) is 50.4 Å². The molecule has 2 aliphatic carbocycles. The summed E-state index contributed by atoms with van der Waals surface area (Å²) in [6.45, 7) is 0. The second kappa shape index (κ2) is 4.77. The van der Waals surface area contributed by atoms with Gasteiger partial charge in [0.05, 0.1) is 0 Å². The zero-order valence-electron chi connectivity index (χ0n) is 12.1. The molecular weight excluding hydrogens is 240 g/mol. The zero-order chi connectivity index (χ0) is 13.4. The molecule has 1 fully saturated rings. The molecule has 0 heteroatoms. The number of benzene rings is 2. The highest BCUT2D eigenvalue weighted by Crippen LogP contribution is 2.48. The predicted octanol–water partition coefficient (Wildman–Crippen LogP) is 5.04. The van der Waals surface area contributed by atoms with Crippen LogP contribution < -0.4 is 0 Å². The van der Waals surface area contributed by atoms with Crippen LogP contribution in [0.3, 0.4) is 0 Å². The van der Waals surface area contributed by atoms with Crippen molar-refractivity contribution in [3.63, 3.8) is 0 Å². The molecule has 102 valence electrons. The Morgan fingerprint density at radius 2 is 1.10 bits per heavy atom. The summed E-state index contributed by atoms with van der Waals surface area (Å²) in [5.41, 5.74) is 6.74. The van der Waals surface area contributed by atoms with E-state index in [0.29, 0.717) is 5.41 Å². The fourth-order valence-corrected chi connectivity index (χ4v) is 4.52. The molecule has 0 heterocycles. The summed E-state index contributed by atoms with van der Waals surface area (Å²) >= 11 is 0. The van der Waals surface area contributed by atoms with Gasteiger partial charge in [0.2, 0.25) is 0 Å². The van der Waals surface area contributed by atoms with E-state index in [1.54, 1.807) is 22.3 Å². The van der Waals surface area contributed by atoms with E-state index < -0.39 is 0 Å². The van der Waals surface area contributed by atoms with Crippen molar-refractivity contribution in [2.75, 3.05) is 0 Å². The summed E-state index contributed by atoms with van der Waals surface area (Å²) in [5, 5.41) is 0. The van der Waals surface area contributed by atoms with Gasteiger partial charge in [-0.15, -0.1) is 0 Å². The standard InChI is InChI=1S/C20H22/c1-6-14-20(15-7-1)18-10-4-2-8-16(18)12-13-17-9-3-5-11-19(17)20/h2-5,8-11H,1,6-7,12-15H2. The summed E-state index contributed by atoms with van der Waals surface area (Å²) < 4.78 is 0. The smallest absolute Gasteiger partial charge is 0.0208 e. The SMILES string of the molecule is c1ccc2c(c1)CCc1ccccc1C21CCCCC1. The van der Waals surface area contributed by atoms with E-state index in [4.69, 9.17) is 0 Å². The number of aryl methyl sites for hydroxylation is 2. The Hall–Kier alpha value is -1.56. The Balaban J connectivity index is 1.98. The van der Waals surface area contributed by atoms with Gasteiger partial charge in [0.1, 0.15) is 0 Å². The number of hydrogen-bond donors (Lipinski definition) is 0. The summed E-state index contributed by atoms with van der Waals surface area (Å²) in [7, 11) is 0. The molecule has 1 spiro atoms. The fourth-order valence-electron chi connectivity index (χ4n) is 4.52. The Bertz CT molecular complexity index is 568. The minimum absolute atomic E-state index is 0.307. The van der Waals surface area contributed by atoms with Gasteiger partial charge in [0, 0.05) is 5.41 Å². The third kappa shape index (κ3) is 1.74. The third-order valence-corrected chi connectivity index (χ3v) is 5.44. The van der Waals surface area contributed by atoms with Gasteiger partial charge in [-0.05, 0) is 47.9 Å². The molecule has 0 amide bonds. The molecule has 0 N–H and O–H groups in total. The largest absolute Gasteiger partial charge is 0.0620 e. The Morgan fingerprint density at radius 3 is 1.65 bits per heavy atom. The Labute approximate surface area is 121 Å². The maximum absolute atomic E-state index is 2.41. The zero-order valence-corrected chi connectivity index (χ0v) is 12.1. The summed E-state index contributed by atoms with van der Waals surface area (Å²) in [6.07, 6.45) is 9.24. The fraction of sp³-hybridized carbons (Fsp3) is 0.400. The third-order valence-electron chi connectivity index (χ3n) is 5.44. The topological polar surface area (TPSA) is 0 Å². The van der Waals surface area contributed by atoms with Crippen molar-refractivity contribution in [1.82, 2.24) is 0 Å². The van der Waals surface area contributed by atoms with Crippen LogP contribution in [-0.4, -0.2) is 0 Å². The molecule has 2 aromatic rings. The maximum Gasteiger partial charge on any atom is 0.0208 e. The normalized spacial score (nSPS) is 20.0. The molecule has 0 saturated heterocycles. The van der Waals surface area contributed by atoms with E-state index >= 15 is 0 Å². The van der Waals surface area contributed by atoms with E-state index in [1.165, 1.54) is 44.9 Å². The highest BCUT2D eigenvalue weighted by molar-refractivity contribution is 5.50. The van der Waals surface area contributed by atoms with Crippen LogP contribution in [-0.2, 0) is 18.3 Å². The second-order valence-electron chi connectivity index (χ2n) is 6.46. The average molecular weight is 262 g/mol. The lowest BCUT2D eigenvalue weighted by Crippen LogP contribution is -2.31. The van der Waals surface area contributed by atoms with Crippen LogP contribution in [0.15, 0.2) is 48.5 Å². The van der Waals surface area contributed by atoms with Crippen molar-refractivity contribution in [3.05, 3.63) is 70.8 Å². The van der Waals surface area contributed by atoms with E-state index in [0.717, 1.165) is 0 Å². The molecule has 2 aliphatic rings. The maximum atomic E-state index is 2.41. The molecule has 4 rings (SSSR count). The highest BCUT2D eigenvalue weighted by atomic mass is 14.4. The minimum atomic E-state index is 0.307. The summed E-state index contributed by atoms with van der Waals surface area (Å²) in [5.74, 6) is 0.